The first-order valence-corrected chi connectivity index (χ1v) is 19.2. The van der Waals surface area contributed by atoms with Gasteiger partial charge in [0.05, 0.1) is 28.4 Å². The Morgan fingerprint density at radius 1 is 0.473 bits per heavy atom. The molecule has 0 atom stereocenters. The predicted octanol–water partition coefficient (Wildman–Crippen LogP) is 13.5. The highest BCUT2D eigenvalue weighted by Crippen LogP contribution is 2.43. The molecule has 266 valence electrons. The Labute approximate surface area is 320 Å². The first kappa shape index (κ1) is 32.9. The molecule has 10 aromatic rings. The molecule has 0 spiro atoms. The van der Waals surface area contributed by atoms with Gasteiger partial charge in [-0.15, -0.1) is 0 Å². The summed E-state index contributed by atoms with van der Waals surface area (Å²) in [6.07, 6.45) is 3.96. The number of anilines is 3. The number of hydrogen-bond acceptors (Lipinski definition) is 3. The van der Waals surface area contributed by atoms with Gasteiger partial charge in [0.15, 0.2) is 0 Å². The monoisotopic (exact) mass is 711 g/mol. The van der Waals surface area contributed by atoms with E-state index in [1.807, 2.05) is 12.3 Å². The summed E-state index contributed by atoms with van der Waals surface area (Å²) in [6, 6.07) is 54.6. The van der Waals surface area contributed by atoms with Crippen LogP contribution in [0.25, 0.3) is 66.2 Å². The highest BCUT2D eigenvalue weighted by Gasteiger charge is 2.23. The molecule has 0 amide bonds. The number of rotatable bonds is 7. The fourth-order valence-corrected chi connectivity index (χ4v) is 8.65. The van der Waals surface area contributed by atoms with Gasteiger partial charge in [-0.3, -0.25) is 8.97 Å². The van der Waals surface area contributed by atoms with Crippen LogP contribution in [-0.4, -0.2) is 18.9 Å². The second-order valence-electron chi connectivity index (χ2n) is 15.1. The molecule has 0 saturated carbocycles. The largest absolute Gasteiger partial charge is 0.310 e. The van der Waals surface area contributed by atoms with Crippen molar-refractivity contribution in [3.05, 3.63) is 175 Å². The number of nitrogens with zero attached hydrogens (tertiary/aromatic N) is 5. The van der Waals surface area contributed by atoms with Crippen molar-refractivity contribution in [2.75, 3.05) is 4.90 Å². The third-order valence-corrected chi connectivity index (χ3v) is 11.1. The average Bonchev–Trinajstić information content (AvgIpc) is 3.81. The molecule has 0 aliphatic heterocycles. The van der Waals surface area contributed by atoms with E-state index in [1.54, 1.807) is 0 Å². The van der Waals surface area contributed by atoms with E-state index in [4.69, 9.17) is 9.97 Å². The number of imidazole rings is 1. The van der Waals surface area contributed by atoms with E-state index in [9.17, 15) is 0 Å². The Bertz CT molecular complexity index is 3020. The van der Waals surface area contributed by atoms with E-state index in [1.165, 1.54) is 38.2 Å². The van der Waals surface area contributed by atoms with Gasteiger partial charge in [0.2, 0.25) is 0 Å². The quantitative estimate of drug-likeness (QED) is 0.155. The minimum Gasteiger partial charge on any atom is -0.310 e. The van der Waals surface area contributed by atoms with E-state index < -0.39 is 0 Å². The molecule has 4 heterocycles. The molecule has 5 nitrogen and oxygen atoms in total. The van der Waals surface area contributed by atoms with Gasteiger partial charge >= 0.3 is 0 Å². The topological polar surface area (TPSA) is 38.4 Å². The molecule has 5 heteroatoms. The second-order valence-corrected chi connectivity index (χ2v) is 15.1. The summed E-state index contributed by atoms with van der Waals surface area (Å²) < 4.78 is 4.68. The average molecular weight is 712 g/mol. The summed E-state index contributed by atoms with van der Waals surface area (Å²) >= 11 is 0. The molecule has 0 saturated heterocycles. The van der Waals surface area contributed by atoms with Crippen LogP contribution >= 0.6 is 0 Å². The van der Waals surface area contributed by atoms with E-state index >= 15 is 0 Å². The maximum absolute atomic E-state index is 5.26. The molecule has 6 aromatic carbocycles. The number of hydrogen-bond donors (Lipinski definition) is 0. The summed E-state index contributed by atoms with van der Waals surface area (Å²) in [6.45, 7) is 9.16. The third kappa shape index (κ3) is 5.22. The van der Waals surface area contributed by atoms with Crippen LogP contribution in [0.1, 0.15) is 50.7 Å². The van der Waals surface area contributed by atoms with Gasteiger partial charge in [0.1, 0.15) is 11.5 Å². The van der Waals surface area contributed by atoms with Crippen LogP contribution in [0.5, 0.6) is 0 Å². The van der Waals surface area contributed by atoms with Gasteiger partial charge < -0.3 is 4.90 Å². The zero-order valence-electron chi connectivity index (χ0n) is 31.5. The number of pyridine rings is 2. The maximum Gasteiger partial charge on any atom is 0.145 e. The van der Waals surface area contributed by atoms with Crippen molar-refractivity contribution in [2.45, 2.75) is 39.5 Å². The zero-order chi connectivity index (χ0) is 37.2. The van der Waals surface area contributed by atoms with Gasteiger partial charge in [-0.1, -0.05) is 119 Å². The number of fused-ring (bicyclic) bond motifs is 9. The molecule has 0 aliphatic carbocycles. The summed E-state index contributed by atoms with van der Waals surface area (Å²) in [7, 11) is 0. The molecule has 0 bridgehead atoms. The number of para-hydroxylation sites is 3. The molecule has 4 aromatic heterocycles. The van der Waals surface area contributed by atoms with Crippen LogP contribution < -0.4 is 4.90 Å². The fraction of sp³-hybridized carbons (Fsp3) is 0.120. The minimum atomic E-state index is 0.366. The van der Waals surface area contributed by atoms with Gasteiger partial charge in [-0.25, -0.2) is 9.97 Å². The Balaban J connectivity index is 1.25. The first-order valence-electron chi connectivity index (χ1n) is 19.2. The van der Waals surface area contributed by atoms with Crippen LogP contribution in [0.2, 0.25) is 0 Å². The van der Waals surface area contributed by atoms with Gasteiger partial charge in [-0.05, 0) is 89.0 Å². The van der Waals surface area contributed by atoms with Crippen molar-refractivity contribution in [2.24, 2.45) is 0 Å². The van der Waals surface area contributed by atoms with Crippen LogP contribution in [0.15, 0.2) is 164 Å². The van der Waals surface area contributed by atoms with Crippen molar-refractivity contribution in [1.29, 1.82) is 0 Å². The standard InChI is InChI=1S/C50H41N5/c1-32(2)37-19-14-20-38(33(3)4)49(37)47-31-52-50-43-29-35(24-26-39(43)40-17-8-11-22-45(40)55(47)50)53(34-15-6-5-7-16-34)36-25-27-42-41-18-9-10-21-44(41)54(46(42)30-36)48-23-12-13-28-51-48/h5-33H,1-4H3. The van der Waals surface area contributed by atoms with E-state index in [-0.39, 0.29) is 0 Å². The lowest BCUT2D eigenvalue weighted by atomic mass is 9.87. The summed E-state index contributed by atoms with van der Waals surface area (Å²) in [5.41, 5.74) is 12.7. The lowest BCUT2D eigenvalue weighted by molar-refractivity contribution is 0.836. The lowest BCUT2D eigenvalue weighted by Crippen LogP contribution is -2.10. The van der Waals surface area contributed by atoms with E-state index in [0.717, 1.165) is 56.2 Å². The van der Waals surface area contributed by atoms with Crippen molar-refractivity contribution in [3.8, 4) is 17.1 Å². The SMILES string of the molecule is CC(C)c1cccc(C(C)C)c1-c1cnc2c3cc(N(c4ccccc4)c4ccc5c6ccccc6n(-c6ccccn6)c5c4)ccc3c3ccccc3n12. The number of benzene rings is 6. The van der Waals surface area contributed by atoms with Crippen molar-refractivity contribution < 1.29 is 0 Å². The van der Waals surface area contributed by atoms with Crippen LogP contribution in [0, 0.1) is 0 Å². The Morgan fingerprint density at radius 3 is 1.80 bits per heavy atom. The highest BCUT2D eigenvalue weighted by atomic mass is 15.1. The van der Waals surface area contributed by atoms with Crippen LogP contribution in [0.4, 0.5) is 17.1 Å². The Hall–Kier alpha value is -6.72. The molecule has 10 rings (SSSR count). The van der Waals surface area contributed by atoms with Crippen LogP contribution in [-0.2, 0) is 0 Å². The summed E-state index contributed by atoms with van der Waals surface area (Å²) in [5, 5.41) is 5.90. The lowest BCUT2D eigenvalue weighted by Gasteiger charge is -2.26. The first-order chi connectivity index (χ1) is 27.0. The highest BCUT2D eigenvalue weighted by molar-refractivity contribution is 6.14. The molecular formula is C50H41N5. The molecular weight excluding hydrogens is 671 g/mol. The third-order valence-electron chi connectivity index (χ3n) is 11.1. The predicted molar refractivity (Wildman–Crippen MR) is 231 cm³/mol. The molecule has 0 aliphatic rings. The minimum absolute atomic E-state index is 0.366. The van der Waals surface area contributed by atoms with Crippen molar-refractivity contribution in [3.63, 3.8) is 0 Å². The number of aromatic nitrogens is 4. The van der Waals surface area contributed by atoms with Crippen molar-refractivity contribution in [1.82, 2.24) is 18.9 Å². The smallest absolute Gasteiger partial charge is 0.145 e. The summed E-state index contributed by atoms with van der Waals surface area (Å²) in [5.74, 6) is 1.63. The Morgan fingerprint density at radius 2 is 1.09 bits per heavy atom. The summed E-state index contributed by atoms with van der Waals surface area (Å²) in [4.78, 5) is 12.4. The molecule has 0 fully saturated rings. The molecule has 0 radical (unpaired) electrons. The van der Waals surface area contributed by atoms with E-state index in [0.29, 0.717) is 11.8 Å². The van der Waals surface area contributed by atoms with Gasteiger partial charge in [0.25, 0.3) is 0 Å². The van der Waals surface area contributed by atoms with Gasteiger partial charge in [-0.2, -0.15) is 0 Å². The molecule has 55 heavy (non-hydrogen) atoms. The van der Waals surface area contributed by atoms with Crippen molar-refractivity contribution >= 4 is 66.2 Å². The van der Waals surface area contributed by atoms with Crippen LogP contribution in [0.3, 0.4) is 0 Å². The second kappa shape index (κ2) is 13.0. The normalized spacial score (nSPS) is 12.0. The Kier molecular flexibility index (Phi) is 7.77. The fourth-order valence-electron chi connectivity index (χ4n) is 8.65. The maximum atomic E-state index is 5.26. The molecule has 0 unspecified atom stereocenters. The molecule has 0 N–H and O–H groups in total. The van der Waals surface area contributed by atoms with Gasteiger partial charge in [0, 0.05) is 50.4 Å². The zero-order valence-corrected chi connectivity index (χ0v) is 31.5. The van der Waals surface area contributed by atoms with E-state index in [2.05, 4.69) is 193 Å².